The molecule has 0 heterocycles. The summed E-state index contributed by atoms with van der Waals surface area (Å²) in [4.78, 5) is 0. The van der Waals surface area contributed by atoms with E-state index in [2.05, 4.69) is 189 Å². The zero-order valence-electron chi connectivity index (χ0n) is 23.4. The average molecular weight is 566 g/mol. The smallest absolute Gasteiger partial charge is 0.0622 e. The molecule has 0 nitrogen and oxygen atoms in total. The van der Waals surface area contributed by atoms with Crippen molar-refractivity contribution in [2.45, 2.75) is 13.3 Å². The van der Waals surface area contributed by atoms with Crippen LogP contribution >= 0.6 is 14.1 Å². The topological polar surface area (TPSA) is 0 Å². The quantitative estimate of drug-likeness (QED) is 0.168. The molecule has 0 bridgehead atoms. The molecule has 6 aromatic rings. The fourth-order valence-electron chi connectivity index (χ4n) is 6.40. The summed E-state index contributed by atoms with van der Waals surface area (Å²) in [7, 11) is -2.32. The van der Waals surface area contributed by atoms with Crippen LogP contribution in [0.4, 0.5) is 0 Å². The van der Waals surface area contributed by atoms with Crippen molar-refractivity contribution in [3.8, 4) is 0 Å². The third-order valence-corrected chi connectivity index (χ3v) is 18.4. The standard InChI is InChI=1S/C39H35P2/c1-2-39(40(33-21-9-3-10-22-33,34-23-11-4-12-24-34)35-25-13-5-14-26-35)41(36-27-15-6-16-28-36,37-29-17-7-18-30-37)38-31-19-8-20-32-38/h3-32H,2H2,1H3/q+1. The minimum Gasteiger partial charge on any atom is -0.0622 e. The van der Waals surface area contributed by atoms with Crippen LogP contribution in [0.5, 0.6) is 0 Å². The molecule has 0 radical (unpaired) electrons. The van der Waals surface area contributed by atoms with E-state index < -0.39 is 14.1 Å². The maximum absolute atomic E-state index is 2.39. The number of benzene rings is 6. The van der Waals surface area contributed by atoms with Gasteiger partial charge in [0, 0.05) is 13.3 Å². The van der Waals surface area contributed by atoms with Crippen LogP contribution in [-0.4, -0.2) is 5.03 Å². The Morgan fingerprint density at radius 1 is 0.390 bits per heavy atom. The van der Waals surface area contributed by atoms with Crippen molar-refractivity contribution in [2.24, 2.45) is 0 Å². The summed E-state index contributed by atoms with van der Waals surface area (Å²) in [6.45, 7) is 0.0761. The molecular formula is C39H35P2+. The molecule has 0 aliphatic heterocycles. The van der Waals surface area contributed by atoms with E-state index >= 15 is 0 Å². The van der Waals surface area contributed by atoms with Crippen LogP contribution in [0, 0.1) is 0 Å². The summed E-state index contributed by atoms with van der Waals surface area (Å²) in [5.74, 6) is 0. The molecular weight excluding hydrogens is 530 g/mol. The van der Waals surface area contributed by atoms with E-state index in [1.807, 2.05) is 0 Å². The summed E-state index contributed by atoms with van der Waals surface area (Å²) in [6, 6.07) is 68.0. The second kappa shape index (κ2) is 12.3. The van der Waals surface area contributed by atoms with Gasteiger partial charge in [-0.15, -0.1) is 0 Å². The van der Waals surface area contributed by atoms with Crippen molar-refractivity contribution in [3.05, 3.63) is 182 Å². The fraction of sp³-hybridized carbons (Fsp3) is 0.0513. The first-order chi connectivity index (χ1) is 20.3. The van der Waals surface area contributed by atoms with Gasteiger partial charge in [-0.05, 0) is 52.3 Å². The van der Waals surface area contributed by atoms with Crippen LogP contribution in [-0.2, 0) is 0 Å². The van der Waals surface area contributed by atoms with Crippen LogP contribution < -0.4 is 31.8 Å². The van der Waals surface area contributed by atoms with E-state index in [0.29, 0.717) is 0 Å². The Morgan fingerprint density at radius 2 is 0.634 bits per heavy atom. The van der Waals surface area contributed by atoms with Crippen molar-refractivity contribution in [2.75, 3.05) is 0 Å². The van der Waals surface area contributed by atoms with Crippen LogP contribution in [0.1, 0.15) is 13.3 Å². The van der Waals surface area contributed by atoms with E-state index in [4.69, 9.17) is 0 Å². The highest BCUT2D eigenvalue weighted by Gasteiger charge is 2.53. The summed E-state index contributed by atoms with van der Waals surface area (Å²) in [5, 5.41) is 10.1. The zero-order valence-corrected chi connectivity index (χ0v) is 25.2. The summed E-state index contributed by atoms with van der Waals surface area (Å²) >= 11 is 0. The molecule has 0 saturated carbocycles. The number of rotatable bonds is 8. The van der Waals surface area contributed by atoms with Gasteiger partial charge in [-0.2, -0.15) is 0 Å². The van der Waals surface area contributed by atoms with Gasteiger partial charge in [0.05, 0.1) is 5.03 Å². The van der Waals surface area contributed by atoms with Crippen LogP contribution in [0.25, 0.3) is 0 Å². The van der Waals surface area contributed by atoms with E-state index in [9.17, 15) is 0 Å². The lowest BCUT2D eigenvalue weighted by molar-refractivity contribution is 1.34. The third kappa shape index (κ3) is 4.73. The van der Waals surface area contributed by atoms with Crippen molar-refractivity contribution in [3.63, 3.8) is 0 Å². The summed E-state index contributed by atoms with van der Waals surface area (Å²) in [5.41, 5.74) is 0. The molecule has 41 heavy (non-hydrogen) atoms. The second-order valence-corrected chi connectivity index (χ2v) is 17.3. The lowest BCUT2D eigenvalue weighted by Gasteiger charge is -2.38. The van der Waals surface area contributed by atoms with Gasteiger partial charge in [0.1, 0.15) is 23.2 Å². The van der Waals surface area contributed by atoms with Gasteiger partial charge >= 0.3 is 0 Å². The molecule has 0 spiro atoms. The highest BCUT2D eigenvalue weighted by atomic mass is 31.2. The molecule has 6 rings (SSSR count). The zero-order chi connectivity index (χ0) is 28.0. The van der Waals surface area contributed by atoms with Gasteiger partial charge in [0.25, 0.3) is 0 Å². The second-order valence-electron chi connectivity index (χ2n) is 10.1. The minimum absolute atomic E-state index is 0.957. The Bertz CT molecular complexity index is 1530. The molecule has 0 saturated heterocycles. The van der Waals surface area contributed by atoms with Crippen molar-refractivity contribution >= 4 is 51.0 Å². The van der Waals surface area contributed by atoms with Crippen LogP contribution in [0.15, 0.2) is 182 Å². The fourth-order valence-corrected chi connectivity index (χ4v) is 18.5. The molecule has 0 N–H and O–H groups in total. The number of hydrogen-bond acceptors (Lipinski definition) is 0. The predicted molar refractivity (Wildman–Crippen MR) is 186 cm³/mol. The molecule has 0 aromatic heterocycles. The highest BCUT2D eigenvalue weighted by molar-refractivity contribution is 8.20. The van der Waals surface area contributed by atoms with Gasteiger partial charge in [-0.1, -0.05) is 153 Å². The molecule has 0 unspecified atom stereocenters. The molecule has 0 fully saturated rings. The maximum atomic E-state index is 2.39. The van der Waals surface area contributed by atoms with Crippen LogP contribution in [0.3, 0.4) is 0 Å². The molecule has 0 amide bonds. The molecule has 2 heteroatoms. The van der Waals surface area contributed by atoms with Crippen LogP contribution in [0.2, 0.25) is 0 Å². The number of hydrogen-bond donors (Lipinski definition) is 0. The minimum atomic E-state index is -2.32. The van der Waals surface area contributed by atoms with E-state index in [1.54, 1.807) is 5.03 Å². The molecule has 0 aliphatic rings. The van der Waals surface area contributed by atoms with E-state index in [-0.39, 0.29) is 0 Å². The Balaban J connectivity index is 1.97. The first-order valence-corrected chi connectivity index (χ1v) is 17.9. The van der Waals surface area contributed by atoms with Crippen molar-refractivity contribution in [1.29, 1.82) is 0 Å². The largest absolute Gasteiger partial charge is 0.140 e. The first-order valence-electron chi connectivity index (χ1n) is 14.3. The monoisotopic (exact) mass is 565 g/mol. The van der Waals surface area contributed by atoms with Crippen molar-refractivity contribution < 1.29 is 0 Å². The molecule has 200 valence electrons. The van der Waals surface area contributed by atoms with Gasteiger partial charge in [0.2, 0.25) is 0 Å². The third-order valence-electron chi connectivity index (χ3n) is 7.95. The Kier molecular flexibility index (Phi) is 8.16. The van der Waals surface area contributed by atoms with E-state index in [1.165, 1.54) is 31.8 Å². The highest BCUT2D eigenvalue weighted by Crippen LogP contribution is 2.66. The van der Waals surface area contributed by atoms with Crippen molar-refractivity contribution in [1.82, 2.24) is 0 Å². The summed E-state index contributed by atoms with van der Waals surface area (Å²) < 4.78 is 0. The Hall–Kier alpha value is -3.95. The Morgan fingerprint density at radius 3 is 0.878 bits per heavy atom. The normalized spacial score (nSPS) is 11.6. The van der Waals surface area contributed by atoms with Gasteiger partial charge in [-0.25, -0.2) is 0 Å². The molecule has 0 atom stereocenters. The van der Waals surface area contributed by atoms with Gasteiger partial charge < -0.3 is 0 Å². The summed E-state index contributed by atoms with van der Waals surface area (Å²) in [6.07, 6.45) is 0.957. The average Bonchev–Trinajstić information content (AvgIpc) is 3.07. The van der Waals surface area contributed by atoms with Gasteiger partial charge in [0.15, 0.2) is 0 Å². The predicted octanol–water partition coefficient (Wildman–Crippen LogP) is 7.51. The maximum Gasteiger partial charge on any atom is 0.140 e. The lowest BCUT2D eigenvalue weighted by atomic mass is 10.3. The van der Waals surface area contributed by atoms with E-state index in [0.717, 1.165) is 6.42 Å². The lowest BCUT2D eigenvalue weighted by Crippen LogP contribution is -2.41. The molecule has 6 aromatic carbocycles. The Labute approximate surface area is 245 Å². The van der Waals surface area contributed by atoms with Gasteiger partial charge in [-0.3, -0.25) is 0 Å². The SMILES string of the molecule is CCC(=P(c1ccccc1)(c1ccccc1)c1ccccc1)[P+](c1ccccc1)(c1ccccc1)c1ccccc1. The first kappa shape index (κ1) is 27.2. The molecule has 0 aliphatic carbocycles.